The molecular formula is C32H27ClN2O6S. The fraction of sp³-hybridized carbons (Fsp3) is 0.156. The monoisotopic (exact) mass is 602 g/mol. The third-order valence-electron chi connectivity index (χ3n) is 6.72. The molecule has 214 valence electrons. The molecule has 0 amide bonds. The quantitative estimate of drug-likeness (QED) is 0.212. The molecule has 4 aromatic rings. The zero-order chi connectivity index (χ0) is 29.9. The highest BCUT2D eigenvalue weighted by atomic mass is 35.5. The lowest BCUT2D eigenvalue weighted by Gasteiger charge is -2.27. The number of nitriles is 1. The topological polar surface area (TPSA) is 121 Å². The van der Waals surface area contributed by atoms with Crippen molar-refractivity contribution in [1.82, 2.24) is 0 Å². The van der Waals surface area contributed by atoms with Crippen molar-refractivity contribution >= 4 is 21.7 Å². The number of nitrogens with zero attached hydrogens (tertiary/aromatic N) is 1. The molecule has 0 aromatic heterocycles. The van der Waals surface area contributed by atoms with Crippen LogP contribution in [0, 0.1) is 18.3 Å². The second-order valence-electron chi connectivity index (χ2n) is 9.44. The summed E-state index contributed by atoms with van der Waals surface area (Å²) >= 11 is 6.12. The first-order chi connectivity index (χ1) is 20.2. The standard InChI is InChI=1S/C32H27ClN2O6S/c1-3-38-29-16-22(12-15-27(29)39-19-21-8-5-4-6-9-21)31-24-14-13-23(17-28(24)40-32(35)25(31)18-34)41-42(36,37)30-11-7-10-26(33)20(30)2/h4-17,31H,3,19,35H2,1-2H3. The lowest BCUT2D eigenvalue weighted by Crippen LogP contribution is -2.21. The molecule has 2 N–H and O–H groups in total. The van der Waals surface area contributed by atoms with Gasteiger partial charge in [-0.25, -0.2) is 0 Å². The first-order valence-electron chi connectivity index (χ1n) is 13.1. The lowest BCUT2D eigenvalue weighted by molar-refractivity contribution is 0.269. The van der Waals surface area contributed by atoms with E-state index in [2.05, 4.69) is 6.07 Å². The first kappa shape index (κ1) is 28.9. The van der Waals surface area contributed by atoms with Gasteiger partial charge in [0.25, 0.3) is 0 Å². The van der Waals surface area contributed by atoms with Gasteiger partial charge in [-0.05, 0) is 60.9 Å². The molecule has 0 saturated carbocycles. The zero-order valence-corrected chi connectivity index (χ0v) is 24.4. The number of benzene rings is 4. The van der Waals surface area contributed by atoms with Crippen molar-refractivity contribution in [1.29, 1.82) is 5.26 Å². The van der Waals surface area contributed by atoms with Gasteiger partial charge in [0.2, 0.25) is 5.88 Å². The summed E-state index contributed by atoms with van der Waals surface area (Å²) in [7, 11) is -4.20. The van der Waals surface area contributed by atoms with Crippen molar-refractivity contribution in [3.05, 3.63) is 124 Å². The van der Waals surface area contributed by atoms with Gasteiger partial charge in [-0.3, -0.25) is 0 Å². The van der Waals surface area contributed by atoms with Crippen LogP contribution in [0.1, 0.15) is 35.1 Å². The van der Waals surface area contributed by atoms with Gasteiger partial charge in [0.05, 0.1) is 12.5 Å². The Balaban J connectivity index is 1.48. The van der Waals surface area contributed by atoms with Gasteiger partial charge < -0.3 is 24.1 Å². The van der Waals surface area contributed by atoms with E-state index in [0.29, 0.717) is 46.4 Å². The van der Waals surface area contributed by atoms with E-state index < -0.39 is 16.0 Å². The van der Waals surface area contributed by atoms with Crippen molar-refractivity contribution in [2.75, 3.05) is 6.61 Å². The van der Waals surface area contributed by atoms with Crippen molar-refractivity contribution in [2.24, 2.45) is 5.73 Å². The minimum atomic E-state index is -4.20. The summed E-state index contributed by atoms with van der Waals surface area (Å²) in [4.78, 5) is -0.0456. The number of rotatable bonds is 9. The van der Waals surface area contributed by atoms with Crippen LogP contribution in [0.3, 0.4) is 0 Å². The maximum absolute atomic E-state index is 13.0. The number of ether oxygens (including phenoxy) is 3. The van der Waals surface area contributed by atoms with Crippen LogP contribution in [0.5, 0.6) is 23.0 Å². The van der Waals surface area contributed by atoms with Gasteiger partial charge >= 0.3 is 10.1 Å². The smallest absolute Gasteiger partial charge is 0.339 e. The molecule has 42 heavy (non-hydrogen) atoms. The van der Waals surface area contributed by atoms with E-state index in [0.717, 1.165) is 5.56 Å². The Morgan fingerprint density at radius 2 is 1.76 bits per heavy atom. The van der Waals surface area contributed by atoms with Crippen LogP contribution in [0.25, 0.3) is 0 Å². The molecule has 5 rings (SSSR count). The van der Waals surface area contributed by atoms with Crippen molar-refractivity contribution < 1.29 is 26.8 Å². The largest absolute Gasteiger partial charge is 0.490 e. The highest BCUT2D eigenvalue weighted by Crippen LogP contribution is 2.45. The summed E-state index contributed by atoms with van der Waals surface area (Å²) in [6.45, 7) is 4.23. The molecule has 4 aromatic carbocycles. The number of nitrogens with two attached hydrogens (primary N) is 1. The number of hydrogen-bond donors (Lipinski definition) is 1. The maximum atomic E-state index is 13.0. The molecule has 1 heterocycles. The fourth-order valence-corrected chi connectivity index (χ4v) is 6.10. The minimum absolute atomic E-state index is 0.0137. The average Bonchev–Trinajstić information content (AvgIpc) is 2.97. The molecule has 0 saturated heterocycles. The normalized spacial score (nSPS) is 14.4. The molecule has 1 unspecified atom stereocenters. The fourth-order valence-electron chi connectivity index (χ4n) is 4.69. The number of hydrogen-bond acceptors (Lipinski definition) is 8. The van der Waals surface area contributed by atoms with Gasteiger partial charge in [-0.15, -0.1) is 0 Å². The highest BCUT2D eigenvalue weighted by Gasteiger charge is 2.32. The van der Waals surface area contributed by atoms with E-state index in [9.17, 15) is 13.7 Å². The van der Waals surface area contributed by atoms with Gasteiger partial charge in [-0.2, -0.15) is 13.7 Å². The Bertz CT molecular complexity index is 1820. The molecule has 0 bridgehead atoms. The highest BCUT2D eigenvalue weighted by molar-refractivity contribution is 7.87. The zero-order valence-electron chi connectivity index (χ0n) is 22.8. The summed E-state index contributed by atoms with van der Waals surface area (Å²) in [5.74, 6) is 0.634. The van der Waals surface area contributed by atoms with Gasteiger partial charge in [-0.1, -0.05) is 60.1 Å². The molecule has 0 spiro atoms. The molecule has 10 heteroatoms. The van der Waals surface area contributed by atoms with Crippen LogP contribution in [0.2, 0.25) is 5.02 Å². The van der Waals surface area contributed by atoms with Crippen LogP contribution in [-0.4, -0.2) is 15.0 Å². The molecule has 0 aliphatic carbocycles. The Labute approximate surface area is 249 Å². The third kappa shape index (κ3) is 5.86. The first-order valence-corrected chi connectivity index (χ1v) is 14.8. The number of fused-ring (bicyclic) bond motifs is 1. The summed E-state index contributed by atoms with van der Waals surface area (Å²) in [5, 5.41) is 10.3. The summed E-state index contributed by atoms with van der Waals surface area (Å²) < 4.78 is 49.2. The van der Waals surface area contributed by atoms with E-state index in [1.807, 2.05) is 49.4 Å². The summed E-state index contributed by atoms with van der Waals surface area (Å²) in [5.41, 5.74) is 9.09. The molecule has 1 atom stereocenters. The third-order valence-corrected chi connectivity index (χ3v) is 8.52. The Morgan fingerprint density at radius 3 is 2.50 bits per heavy atom. The van der Waals surface area contributed by atoms with Crippen molar-refractivity contribution in [3.8, 4) is 29.1 Å². The summed E-state index contributed by atoms with van der Waals surface area (Å²) in [6, 6.07) is 26.5. The van der Waals surface area contributed by atoms with E-state index in [-0.39, 0.29) is 27.9 Å². The second kappa shape index (κ2) is 12.1. The van der Waals surface area contributed by atoms with E-state index in [4.69, 9.17) is 35.7 Å². The summed E-state index contributed by atoms with van der Waals surface area (Å²) in [6.07, 6.45) is 0. The van der Waals surface area contributed by atoms with Crippen molar-refractivity contribution in [3.63, 3.8) is 0 Å². The van der Waals surface area contributed by atoms with Crippen LogP contribution < -0.4 is 24.1 Å². The van der Waals surface area contributed by atoms with E-state index >= 15 is 0 Å². The second-order valence-corrected chi connectivity index (χ2v) is 11.4. The molecular weight excluding hydrogens is 576 g/mol. The van der Waals surface area contributed by atoms with Crippen LogP contribution in [0.15, 0.2) is 101 Å². The molecule has 1 aliphatic rings. The molecule has 1 aliphatic heterocycles. The van der Waals surface area contributed by atoms with Gasteiger partial charge in [0.15, 0.2) is 11.5 Å². The SMILES string of the molecule is CCOc1cc(C2C(C#N)=C(N)Oc3cc(OS(=O)(=O)c4cccc(Cl)c4C)ccc32)ccc1OCc1ccccc1. The molecule has 0 radical (unpaired) electrons. The molecule has 8 nitrogen and oxygen atoms in total. The number of allylic oxidation sites excluding steroid dienone is 1. The average molecular weight is 603 g/mol. The van der Waals surface area contributed by atoms with Gasteiger partial charge in [0.1, 0.15) is 34.6 Å². The maximum Gasteiger partial charge on any atom is 0.339 e. The van der Waals surface area contributed by atoms with Crippen molar-refractivity contribution in [2.45, 2.75) is 31.3 Å². The Hall–Kier alpha value is -4.65. The molecule has 0 fully saturated rings. The Morgan fingerprint density at radius 1 is 0.976 bits per heavy atom. The predicted octanol–water partition coefficient (Wildman–Crippen LogP) is 6.61. The van der Waals surface area contributed by atoms with E-state index in [1.54, 1.807) is 25.1 Å². The number of halogens is 1. The predicted molar refractivity (Wildman–Crippen MR) is 158 cm³/mol. The lowest BCUT2D eigenvalue weighted by atomic mass is 9.83. The Kier molecular flexibility index (Phi) is 8.29. The van der Waals surface area contributed by atoms with Crippen LogP contribution >= 0.6 is 11.6 Å². The van der Waals surface area contributed by atoms with Crippen LogP contribution in [0.4, 0.5) is 0 Å². The van der Waals surface area contributed by atoms with Crippen LogP contribution in [-0.2, 0) is 16.7 Å². The minimum Gasteiger partial charge on any atom is -0.490 e. The van der Waals surface area contributed by atoms with E-state index in [1.165, 1.54) is 24.3 Å². The van der Waals surface area contributed by atoms with Gasteiger partial charge in [0, 0.05) is 16.7 Å².